The van der Waals surface area contributed by atoms with Crippen molar-refractivity contribution in [3.05, 3.63) is 59.2 Å². The van der Waals surface area contributed by atoms with E-state index < -0.39 is 12.0 Å². The number of carboxylic acid groups (broad SMARTS) is 1. The van der Waals surface area contributed by atoms with Gasteiger partial charge < -0.3 is 15.7 Å². The monoisotopic (exact) mass is 561 g/mol. The number of benzene rings is 2. The molecule has 0 bridgehead atoms. The Kier molecular flexibility index (Phi) is 11.0. The van der Waals surface area contributed by atoms with Gasteiger partial charge in [-0.15, -0.1) is 0 Å². The van der Waals surface area contributed by atoms with Crippen molar-refractivity contribution in [2.45, 2.75) is 116 Å². The molecule has 1 unspecified atom stereocenters. The van der Waals surface area contributed by atoms with Crippen LogP contribution in [0, 0.1) is 12.8 Å². The molecule has 3 N–H and O–H groups in total. The molecule has 2 aliphatic rings. The maximum atomic E-state index is 13.5. The average molecular weight is 562 g/mol. The molecule has 0 spiro atoms. The van der Waals surface area contributed by atoms with Gasteiger partial charge >= 0.3 is 5.97 Å². The molecule has 4 rings (SSSR count). The van der Waals surface area contributed by atoms with Gasteiger partial charge in [0.05, 0.1) is 0 Å². The van der Waals surface area contributed by atoms with Gasteiger partial charge in [-0.2, -0.15) is 0 Å². The number of nitrogens with one attached hydrogen (secondary N) is 2. The fraction of sp³-hybridized carbons (Fsp3) is 0.600. The Labute approximate surface area is 247 Å². The summed E-state index contributed by atoms with van der Waals surface area (Å²) in [6, 6.07) is 13.8. The van der Waals surface area contributed by atoms with E-state index in [1.807, 2.05) is 18.2 Å². The summed E-state index contributed by atoms with van der Waals surface area (Å²) in [7, 11) is 1.78. The molecule has 2 aromatic rings. The maximum Gasteiger partial charge on any atom is 0.326 e. The smallest absolute Gasteiger partial charge is 0.326 e. The molecule has 2 aliphatic carbocycles. The quantitative estimate of drug-likeness (QED) is 0.247. The number of aryl methyl sites for hydroxylation is 1. The Balaban J connectivity index is 1.67. The van der Waals surface area contributed by atoms with Crippen molar-refractivity contribution in [2.24, 2.45) is 5.92 Å². The lowest BCUT2D eigenvalue weighted by atomic mass is 9.77. The van der Waals surface area contributed by atoms with Gasteiger partial charge in [0.2, 0.25) is 0 Å². The topological polar surface area (TPSA) is 81.7 Å². The lowest BCUT2D eigenvalue weighted by molar-refractivity contribution is -0.139. The van der Waals surface area contributed by atoms with Gasteiger partial charge in [-0.3, -0.25) is 9.69 Å². The van der Waals surface area contributed by atoms with Crippen LogP contribution in [0.4, 0.5) is 0 Å². The molecule has 2 aromatic carbocycles. The van der Waals surface area contributed by atoms with Gasteiger partial charge in [0.1, 0.15) is 6.04 Å². The molecule has 0 radical (unpaired) electrons. The first-order valence-corrected chi connectivity index (χ1v) is 15.9. The van der Waals surface area contributed by atoms with E-state index >= 15 is 0 Å². The number of nitrogens with zero attached hydrogens (tertiary/aromatic N) is 1. The lowest BCUT2D eigenvalue weighted by Crippen LogP contribution is -2.51. The van der Waals surface area contributed by atoms with E-state index in [4.69, 9.17) is 0 Å². The highest BCUT2D eigenvalue weighted by Crippen LogP contribution is 2.45. The number of carboxylic acids is 1. The fourth-order valence-electron chi connectivity index (χ4n) is 7.43. The van der Waals surface area contributed by atoms with E-state index in [0.717, 1.165) is 29.2 Å². The first kappa shape index (κ1) is 31.2. The zero-order valence-electron chi connectivity index (χ0n) is 25.7. The summed E-state index contributed by atoms with van der Waals surface area (Å²) in [5.41, 5.74) is 4.94. The number of carbonyl (C=O) groups is 2. The summed E-state index contributed by atoms with van der Waals surface area (Å²) >= 11 is 0. The van der Waals surface area contributed by atoms with Crippen molar-refractivity contribution in [3.8, 4) is 11.1 Å². The third-order valence-electron chi connectivity index (χ3n) is 9.56. The van der Waals surface area contributed by atoms with Crippen LogP contribution < -0.4 is 10.6 Å². The molecular weight excluding hydrogens is 510 g/mol. The predicted octanol–water partition coefficient (Wildman–Crippen LogP) is 6.95. The molecule has 1 atom stereocenters. The number of hydrogen-bond donors (Lipinski definition) is 3. The minimum atomic E-state index is -1.02. The zero-order chi connectivity index (χ0) is 29.4. The standard InChI is InChI=1S/C35H51N3O3/c1-25(2)38(35(19-10-11-20-35)23-27-13-6-5-7-14-27)24-28-16-17-30(31(22-28)29-15-9-8-12-26(29)3)33(39)37-32(34(40)41)18-21-36-4/h8-9,12,15-17,22,25,27,32,36H,5-7,10-11,13-14,18-21,23-24H2,1-4H3,(H,37,39)(H,40,41). The van der Waals surface area contributed by atoms with Crippen LogP contribution in [0.25, 0.3) is 11.1 Å². The molecule has 6 nitrogen and oxygen atoms in total. The summed E-state index contributed by atoms with van der Waals surface area (Å²) in [6.07, 6.45) is 13.7. The van der Waals surface area contributed by atoms with Crippen LogP contribution in [0.1, 0.15) is 106 Å². The Hall–Kier alpha value is -2.70. The largest absolute Gasteiger partial charge is 0.480 e. The van der Waals surface area contributed by atoms with Gasteiger partial charge in [-0.25, -0.2) is 4.79 Å². The molecule has 2 fully saturated rings. The Bertz CT molecular complexity index is 1170. The van der Waals surface area contributed by atoms with E-state index in [1.165, 1.54) is 69.8 Å². The molecule has 6 heteroatoms. The Morgan fingerprint density at radius 2 is 1.71 bits per heavy atom. The summed E-state index contributed by atoms with van der Waals surface area (Å²) in [4.78, 5) is 28.2. The summed E-state index contributed by atoms with van der Waals surface area (Å²) in [5, 5.41) is 15.5. The van der Waals surface area contributed by atoms with Gasteiger partial charge in [0.15, 0.2) is 0 Å². The zero-order valence-corrected chi connectivity index (χ0v) is 25.7. The number of hydrogen-bond acceptors (Lipinski definition) is 4. The summed E-state index contributed by atoms with van der Waals surface area (Å²) < 4.78 is 0. The van der Waals surface area contributed by atoms with Gasteiger partial charge in [-0.1, -0.05) is 75.3 Å². The Morgan fingerprint density at radius 1 is 1.00 bits per heavy atom. The van der Waals surface area contributed by atoms with E-state index in [1.54, 1.807) is 7.05 Å². The molecule has 224 valence electrons. The second-order valence-electron chi connectivity index (χ2n) is 12.8. The highest BCUT2D eigenvalue weighted by atomic mass is 16.4. The first-order valence-electron chi connectivity index (χ1n) is 15.9. The van der Waals surface area contributed by atoms with Crippen LogP contribution in [0.5, 0.6) is 0 Å². The number of rotatable bonds is 13. The SMILES string of the molecule is CNCCC(NC(=O)c1ccc(CN(C(C)C)C2(CC3CCCCC3)CCCC2)cc1-c1ccccc1C)C(=O)O. The molecule has 0 saturated heterocycles. The van der Waals surface area contributed by atoms with Gasteiger partial charge in [-0.05, 0) is 100 Å². The number of aliphatic carboxylic acids is 1. The summed E-state index contributed by atoms with van der Waals surface area (Å²) in [6.45, 7) is 8.10. The molecule has 2 saturated carbocycles. The van der Waals surface area contributed by atoms with Crippen LogP contribution in [0.2, 0.25) is 0 Å². The van der Waals surface area contributed by atoms with E-state index in [9.17, 15) is 14.7 Å². The van der Waals surface area contributed by atoms with Crippen molar-refractivity contribution < 1.29 is 14.7 Å². The molecule has 0 aromatic heterocycles. The van der Waals surface area contributed by atoms with Crippen LogP contribution in [-0.4, -0.2) is 53.1 Å². The lowest BCUT2D eigenvalue weighted by Gasteiger charge is -2.47. The third-order valence-corrected chi connectivity index (χ3v) is 9.56. The van der Waals surface area contributed by atoms with E-state index in [-0.39, 0.29) is 11.4 Å². The van der Waals surface area contributed by atoms with Crippen molar-refractivity contribution >= 4 is 11.9 Å². The number of carbonyl (C=O) groups excluding carboxylic acids is 1. The molecular formula is C35H51N3O3. The van der Waals surface area contributed by atoms with Gasteiger partial charge in [0.25, 0.3) is 5.91 Å². The molecule has 1 amide bonds. The van der Waals surface area contributed by atoms with E-state index in [0.29, 0.717) is 24.6 Å². The van der Waals surface area contributed by atoms with Crippen LogP contribution in [0.3, 0.4) is 0 Å². The molecule has 0 aliphatic heterocycles. The van der Waals surface area contributed by atoms with E-state index in [2.05, 4.69) is 60.6 Å². The normalized spacial score (nSPS) is 18.1. The van der Waals surface area contributed by atoms with Gasteiger partial charge in [0, 0.05) is 23.7 Å². The van der Waals surface area contributed by atoms with Crippen LogP contribution >= 0.6 is 0 Å². The van der Waals surface area contributed by atoms with Crippen molar-refractivity contribution in [2.75, 3.05) is 13.6 Å². The Morgan fingerprint density at radius 3 is 2.34 bits per heavy atom. The average Bonchev–Trinajstić information content (AvgIpc) is 3.43. The third kappa shape index (κ3) is 7.78. The van der Waals surface area contributed by atoms with Crippen LogP contribution in [0.15, 0.2) is 42.5 Å². The maximum absolute atomic E-state index is 13.5. The first-order chi connectivity index (χ1) is 19.7. The highest BCUT2D eigenvalue weighted by molar-refractivity contribution is 6.02. The minimum Gasteiger partial charge on any atom is -0.480 e. The molecule has 41 heavy (non-hydrogen) atoms. The minimum absolute atomic E-state index is 0.247. The van der Waals surface area contributed by atoms with Crippen molar-refractivity contribution in [3.63, 3.8) is 0 Å². The van der Waals surface area contributed by atoms with Crippen LogP contribution in [-0.2, 0) is 11.3 Å². The fourth-order valence-corrected chi connectivity index (χ4v) is 7.43. The predicted molar refractivity (Wildman–Crippen MR) is 167 cm³/mol. The molecule has 0 heterocycles. The van der Waals surface area contributed by atoms with Crippen molar-refractivity contribution in [1.29, 1.82) is 0 Å². The second kappa shape index (κ2) is 14.5. The highest BCUT2D eigenvalue weighted by Gasteiger charge is 2.42. The summed E-state index contributed by atoms with van der Waals surface area (Å²) in [5.74, 6) is -0.527. The second-order valence-corrected chi connectivity index (χ2v) is 12.8. The number of amides is 1. The van der Waals surface area contributed by atoms with Crippen molar-refractivity contribution in [1.82, 2.24) is 15.5 Å².